The van der Waals surface area contributed by atoms with Crippen LogP contribution in [-0.4, -0.2) is 19.0 Å². The van der Waals surface area contributed by atoms with Crippen molar-refractivity contribution in [1.29, 1.82) is 0 Å². The molecule has 0 bridgehead atoms. The average Bonchev–Trinajstić information content (AvgIpc) is 2.17. The second kappa shape index (κ2) is 7.60. The number of carbonyl (C=O) groups excluding carboxylic acids is 1. The van der Waals surface area contributed by atoms with Crippen LogP contribution in [-0.2, 0) is 0 Å². The van der Waals surface area contributed by atoms with Gasteiger partial charge in [-0.05, 0) is 47.1 Å². The molecule has 0 aromatic heterocycles. The van der Waals surface area contributed by atoms with Crippen molar-refractivity contribution in [3.05, 3.63) is 34.1 Å². The highest BCUT2D eigenvalue weighted by Crippen LogP contribution is 2.17. The van der Waals surface area contributed by atoms with E-state index in [1.54, 1.807) is 0 Å². The lowest BCUT2D eigenvalue weighted by molar-refractivity contribution is 0.0952. The number of halogens is 3. The van der Waals surface area contributed by atoms with E-state index in [2.05, 4.69) is 21.2 Å². The monoisotopic (exact) mass is 310 g/mol. The summed E-state index contributed by atoms with van der Waals surface area (Å²) in [6.45, 7) is 1.06. The molecule has 0 radical (unpaired) electrons. The molecule has 0 aliphatic rings. The number of hydrogen-bond acceptors (Lipinski definition) is 2. The van der Waals surface area contributed by atoms with Crippen LogP contribution >= 0.6 is 28.3 Å². The SMILES string of the molecule is Cl.NCCCNC(=O)c1ccc(F)cc1Br. The van der Waals surface area contributed by atoms with Crippen molar-refractivity contribution in [2.75, 3.05) is 13.1 Å². The summed E-state index contributed by atoms with van der Waals surface area (Å²) in [6.07, 6.45) is 0.727. The van der Waals surface area contributed by atoms with E-state index >= 15 is 0 Å². The molecule has 16 heavy (non-hydrogen) atoms. The van der Waals surface area contributed by atoms with Crippen molar-refractivity contribution in [2.45, 2.75) is 6.42 Å². The highest BCUT2D eigenvalue weighted by Gasteiger charge is 2.09. The number of benzene rings is 1. The summed E-state index contributed by atoms with van der Waals surface area (Å²) in [5, 5.41) is 2.69. The first-order chi connectivity index (χ1) is 7.15. The van der Waals surface area contributed by atoms with Crippen molar-refractivity contribution < 1.29 is 9.18 Å². The van der Waals surface area contributed by atoms with E-state index in [0.717, 1.165) is 6.42 Å². The Morgan fingerprint density at radius 2 is 2.19 bits per heavy atom. The minimum atomic E-state index is -0.375. The zero-order valence-electron chi connectivity index (χ0n) is 8.50. The Kier molecular flexibility index (Phi) is 7.29. The van der Waals surface area contributed by atoms with Crippen molar-refractivity contribution in [2.24, 2.45) is 5.73 Å². The lowest BCUT2D eigenvalue weighted by Crippen LogP contribution is -2.26. The molecule has 1 aromatic rings. The van der Waals surface area contributed by atoms with Crippen LogP contribution < -0.4 is 11.1 Å². The zero-order valence-corrected chi connectivity index (χ0v) is 10.9. The standard InChI is InChI=1S/C10H12BrFN2O.ClH/c11-9-6-7(12)2-3-8(9)10(15)14-5-1-4-13;/h2-3,6H,1,4-5,13H2,(H,14,15);1H. The Bertz CT molecular complexity index is 363. The van der Waals surface area contributed by atoms with Crippen LogP contribution in [0.2, 0.25) is 0 Å². The van der Waals surface area contributed by atoms with Gasteiger partial charge in [0.2, 0.25) is 0 Å². The predicted octanol–water partition coefficient (Wildman–Crippen LogP) is 2.09. The molecule has 6 heteroatoms. The van der Waals surface area contributed by atoms with Crippen molar-refractivity contribution >= 4 is 34.2 Å². The maximum Gasteiger partial charge on any atom is 0.252 e. The number of carbonyl (C=O) groups is 1. The average molecular weight is 312 g/mol. The van der Waals surface area contributed by atoms with E-state index in [9.17, 15) is 9.18 Å². The van der Waals surface area contributed by atoms with Gasteiger partial charge in [-0.2, -0.15) is 0 Å². The molecule has 0 unspecified atom stereocenters. The third kappa shape index (κ3) is 4.47. The summed E-state index contributed by atoms with van der Waals surface area (Å²) >= 11 is 3.13. The molecule has 1 amide bonds. The summed E-state index contributed by atoms with van der Waals surface area (Å²) in [7, 11) is 0. The Balaban J connectivity index is 0.00000225. The van der Waals surface area contributed by atoms with E-state index in [4.69, 9.17) is 5.73 Å². The first kappa shape index (κ1) is 15.3. The first-order valence-corrected chi connectivity index (χ1v) is 5.37. The van der Waals surface area contributed by atoms with Gasteiger partial charge in [0.25, 0.3) is 5.91 Å². The van der Waals surface area contributed by atoms with Gasteiger partial charge in [-0.15, -0.1) is 12.4 Å². The van der Waals surface area contributed by atoms with Crippen molar-refractivity contribution in [3.63, 3.8) is 0 Å². The molecule has 0 atom stereocenters. The number of nitrogens with two attached hydrogens (primary N) is 1. The first-order valence-electron chi connectivity index (χ1n) is 4.58. The van der Waals surface area contributed by atoms with Gasteiger partial charge in [0.15, 0.2) is 0 Å². The van der Waals surface area contributed by atoms with E-state index in [0.29, 0.717) is 23.1 Å². The number of nitrogens with one attached hydrogen (secondary N) is 1. The van der Waals surface area contributed by atoms with Gasteiger partial charge in [-0.25, -0.2) is 4.39 Å². The molecule has 0 aliphatic heterocycles. The fourth-order valence-electron chi connectivity index (χ4n) is 1.07. The van der Waals surface area contributed by atoms with E-state index in [1.165, 1.54) is 18.2 Å². The van der Waals surface area contributed by atoms with Crippen LogP contribution in [0.1, 0.15) is 16.8 Å². The Labute approximate surface area is 108 Å². The van der Waals surface area contributed by atoms with E-state index < -0.39 is 0 Å². The van der Waals surface area contributed by atoms with E-state index in [1.807, 2.05) is 0 Å². The van der Waals surface area contributed by atoms with Crippen LogP contribution in [0.5, 0.6) is 0 Å². The lowest BCUT2D eigenvalue weighted by atomic mass is 10.2. The molecule has 3 nitrogen and oxygen atoms in total. The summed E-state index contributed by atoms with van der Waals surface area (Å²) < 4.78 is 13.2. The Hall–Kier alpha value is -0.650. The third-order valence-electron chi connectivity index (χ3n) is 1.84. The molecule has 0 aliphatic carbocycles. The second-order valence-electron chi connectivity index (χ2n) is 3.02. The second-order valence-corrected chi connectivity index (χ2v) is 3.88. The van der Waals surface area contributed by atoms with E-state index in [-0.39, 0.29) is 24.1 Å². The minimum Gasteiger partial charge on any atom is -0.352 e. The molecule has 0 heterocycles. The van der Waals surface area contributed by atoms with Crippen molar-refractivity contribution in [3.8, 4) is 0 Å². The van der Waals surface area contributed by atoms with Gasteiger partial charge < -0.3 is 11.1 Å². The van der Waals surface area contributed by atoms with Crippen LogP contribution in [0.3, 0.4) is 0 Å². The Morgan fingerprint density at radius 1 is 1.50 bits per heavy atom. The maximum atomic E-state index is 12.7. The zero-order chi connectivity index (χ0) is 11.3. The predicted molar refractivity (Wildman–Crippen MR) is 67.4 cm³/mol. The lowest BCUT2D eigenvalue weighted by Gasteiger charge is -2.05. The number of hydrogen-bond donors (Lipinski definition) is 2. The van der Waals surface area contributed by atoms with Gasteiger partial charge in [0, 0.05) is 11.0 Å². The highest BCUT2D eigenvalue weighted by atomic mass is 79.9. The minimum absolute atomic E-state index is 0. The highest BCUT2D eigenvalue weighted by molar-refractivity contribution is 9.10. The molecular weight excluding hydrogens is 298 g/mol. The Morgan fingerprint density at radius 3 is 2.75 bits per heavy atom. The molecule has 0 fully saturated rings. The fraction of sp³-hybridized carbons (Fsp3) is 0.300. The van der Waals surface area contributed by atoms with Crippen molar-refractivity contribution in [1.82, 2.24) is 5.32 Å². The summed E-state index contributed by atoms with van der Waals surface area (Å²) in [4.78, 5) is 11.5. The third-order valence-corrected chi connectivity index (χ3v) is 2.50. The molecule has 0 saturated carbocycles. The number of amides is 1. The quantitative estimate of drug-likeness (QED) is 0.837. The van der Waals surface area contributed by atoms with Gasteiger partial charge in [0.1, 0.15) is 5.82 Å². The molecule has 3 N–H and O–H groups in total. The molecule has 0 saturated heterocycles. The largest absolute Gasteiger partial charge is 0.352 e. The van der Waals surface area contributed by atoms with Crippen LogP contribution in [0, 0.1) is 5.82 Å². The van der Waals surface area contributed by atoms with Crippen LogP contribution in [0.4, 0.5) is 4.39 Å². The smallest absolute Gasteiger partial charge is 0.252 e. The summed E-state index contributed by atoms with van der Waals surface area (Å²) in [5.41, 5.74) is 5.72. The molecule has 1 aromatic carbocycles. The van der Waals surface area contributed by atoms with Gasteiger partial charge >= 0.3 is 0 Å². The normalized spacial score (nSPS) is 9.44. The molecule has 0 spiro atoms. The van der Waals surface area contributed by atoms with Gasteiger partial charge in [-0.1, -0.05) is 0 Å². The summed E-state index contributed by atoms with van der Waals surface area (Å²) in [5.74, 6) is -0.601. The van der Waals surface area contributed by atoms with Crippen LogP contribution in [0.15, 0.2) is 22.7 Å². The molecular formula is C10H13BrClFN2O. The molecule has 1 rings (SSSR count). The topological polar surface area (TPSA) is 55.1 Å². The maximum absolute atomic E-state index is 12.7. The fourth-order valence-corrected chi connectivity index (χ4v) is 1.60. The van der Waals surface area contributed by atoms with Gasteiger partial charge in [0.05, 0.1) is 5.56 Å². The summed E-state index contributed by atoms with van der Waals surface area (Å²) in [6, 6.07) is 3.96. The van der Waals surface area contributed by atoms with Gasteiger partial charge in [-0.3, -0.25) is 4.79 Å². The van der Waals surface area contributed by atoms with Crippen LogP contribution in [0.25, 0.3) is 0 Å². The molecule has 90 valence electrons. The number of rotatable bonds is 4.